The van der Waals surface area contributed by atoms with Gasteiger partial charge in [-0.15, -0.1) is 11.8 Å². The van der Waals surface area contributed by atoms with Gasteiger partial charge in [0.2, 0.25) is 15.9 Å². The second-order valence-electron chi connectivity index (χ2n) is 5.57. The fraction of sp³-hybridized carbons (Fsp3) is 0.833. The summed E-state index contributed by atoms with van der Waals surface area (Å²) in [4.78, 5) is 13.8. The van der Waals surface area contributed by atoms with Crippen LogP contribution in [0.5, 0.6) is 0 Å². The van der Waals surface area contributed by atoms with E-state index in [2.05, 4.69) is 6.07 Å². The average Bonchev–Trinajstić information content (AvgIpc) is 2.95. The van der Waals surface area contributed by atoms with E-state index in [1.807, 2.05) is 0 Å². The van der Waals surface area contributed by atoms with Crippen LogP contribution in [0.2, 0.25) is 0 Å². The zero-order chi connectivity index (χ0) is 16.3. The molecule has 1 atom stereocenters. The van der Waals surface area contributed by atoms with Crippen molar-refractivity contribution in [2.75, 3.05) is 37.5 Å². The van der Waals surface area contributed by atoms with Crippen LogP contribution in [0.1, 0.15) is 12.8 Å². The number of thioether (sulfide) groups is 1. The first-order valence-corrected chi connectivity index (χ1v) is 10.1. The van der Waals surface area contributed by atoms with Crippen LogP contribution in [-0.4, -0.2) is 78.1 Å². The highest BCUT2D eigenvalue weighted by atomic mass is 32.2. The number of carbonyl (C=O) groups is 1. The highest BCUT2D eigenvalue weighted by Crippen LogP contribution is 2.21. The summed E-state index contributed by atoms with van der Waals surface area (Å²) < 4.78 is 24.4. The molecule has 0 spiro atoms. The maximum absolute atomic E-state index is 12.2. The second kappa shape index (κ2) is 7.14. The zero-order valence-electron chi connectivity index (χ0n) is 12.5. The standard InChI is InChI=1S/C12H21N5O3S2/c1-22(19,20)15-4-2-10(3-5-15)17(14)7-12(18)16-9-21-8-11(16)6-13/h10-11H,2-5,7-9,14H2,1H3/t11-/m1/s1. The number of nitrogens with two attached hydrogens (primary N) is 1. The van der Waals surface area contributed by atoms with Crippen molar-refractivity contribution in [2.24, 2.45) is 5.84 Å². The molecular formula is C12H21N5O3S2. The number of hydrogen-bond acceptors (Lipinski definition) is 7. The number of nitriles is 1. The smallest absolute Gasteiger partial charge is 0.239 e. The van der Waals surface area contributed by atoms with E-state index in [4.69, 9.17) is 11.1 Å². The maximum atomic E-state index is 12.2. The molecule has 0 aliphatic carbocycles. The molecule has 0 aromatic carbocycles. The number of rotatable bonds is 4. The Kier molecular flexibility index (Phi) is 5.68. The van der Waals surface area contributed by atoms with Gasteiger partial charge >= 0.3 is 0 Å². The van der Waals surface area contributed by atoms with Crippen molar-refractivity contribution in [2.45, 2.75) is 24.9 Å². The van der Waals surface area contributed by atoms with Crippen LogP contribution in [0.25, 0.3) is 0 Å². The molecule has 22 heavy (non-hydrogen) atoms. The van der Waals surface area contributed by atoms with E-state index in [0.717, 1.165) is 0 Å². The third kappa shape index (κ3) is 4.11. The molecule has 2 aliphatic heterocycles. The number of hydrazine groups is 1. The molecule has 124 valence electrons. The first-order valence-electron chi connectivity index (χ1n) is 7.06. The molecule has 2 heterocycles. The van der Waals surface area contributed by atoms with E-state index in [-0.39, 0.29) is 24.5 Å². The van der Waals surface area contributed by atoms with E-state index < -0.39 is 10.0 Å². The highest BCUT2D eigenvalue weighted by Gasteiger charge is 2.32. The molecule has 0 saturated carbocycles. The van der Waals surface area contributed by atoms with Gasteiger partial charge in [-0.1, -0.05) is 0 Å². The Labute approximate surface area is 135 Å². The number of sulfonamides is 1. The van der Waals surface area contributed by atoms with Gasteiger partial charge in [-0.2, -0.15) is 5.26 Å². The number of piperidine rings is 1. The predicted molar refractivity (Wildman–Crippen MR) is 83.9 cm³/mol. The summed E-state index contributed by atoms with van der Waals surface area (Å²) in [6.07, 6.45) is 2.41. The number of amides is 1. The minimum atomic E-state index is -3.16. The molecule has 0 radical (unpaired) electrons. The van der Waals surface area contributed by atoms with Gasteiger partial charge in [0.1, 0.15) is 6.04 Å². The van der Waals surface area contributed by atoms with E-state index in [0.29, 0.717) is 37.6 Å². The minimum absolute atomic E-state index is 0.0160. The molecular weight excluding hydrogens is 326 g/mol. The average molecular weight is 347 g/mol. The Balaban J connectivity index is 1.85. The van der Waals surface area contributed by atoms with E-state index in [1.165, 1.54) is 15.6 Å². The van der Waals surface area contributed by atoms with Gasteiger partial charge in [-0.05, 0) is 12.8 Å². The molecule has 0 bridgehead atoms. The summed E-state index contributed by atoms with van der Waals surface area (Å²) in [5.41, 5.74) is 0. The monoisotopic (exact) mass is 347 g/mol. The van der Waals surface area contributed by atoms with Crippen LogP contribution in [0.15, 0.2) is 0 Å². The van der Waals surface area contributed by atoms with Gasteiger partial charge in [-0.25, -0.2) is 17.7 Å². The zero-order valence-corrected chi connectivity index (χ0v) is 14.1. The van der Waals surface area contributed by atoms with Crippen molar-refractivity contribution in [3.05, 3.63) is 0 Å². The Hall–Kier alpha value is -0.860. The van der Waals surface area contributed by atoms with Gasteiger partial charge in [0, 0.05) is 24.9 Å². The Morgan fingerprint density at radius 2 is 2.09 bits per heavy atom. The van der Waals surface area contributed by atoms with Crippen LogP contribution >= 0.6 is 11.8 Å². The second-order valence-corrected chi connectivity index (χ2v) is 8.56. The molecule has 2 N–H and O–H groups in total. The molecule has 0 unspecified atom stereocenters. The lowest BCUT2D eigenvalue weighted by Gasteiger charge is -2.35. The summed E-state index contributed by atoms with van der Waals surface area (Å²) in [6, 6.07) is 1.73. The van der Waals surface area contributed by atoms with Gasteiger partial charge < -0.3 is 4.90 Å². The topological polar surface area (TPSA) is 111 Å². The van der Waals surface area contributed by atoms with Gasteiger partial charge in [-0.3, -0.25) is 10.6 Å². The molecule has 8 nitrogen and oxygen atoms in total. The van der Waals surface area contributed by atoms with Crippen LogP contribution in [-0.2, 0) is 14.8 Å². The van der Waals surface area contributed by atoms with Crippen molar-refractivity contribution in [3.8, 4) is 6.07 Å². The highest BCUT2D eigenvalue weighted by molar-refractivity contribution is 7.99. The lowest BCUT2D eigenvalue weighted by atomic mass is 10.1. The third-order valence-corrected chi connectivity index (χ3v) is 6.35. The Bertz CT molecular complexity index is 554. The normalized spacial score (nSPS) is 24.6. The fourth-order valence-electron chi connectivity index (χ4n) is 2.68. The fourth-order valence-corrected chi connectivity index (χ4v) is 4.65. The molecule has 2 aliphatic rings. The van der Waals surface area contributed by atoms with Gasteiger partial charge in [0.25, 0.3) is 0 Å². The van der Waals surface area contributed by atoms with Crippen molar-refractivity contribution < 1.29 is 13.2 Å². The van der Waals surface area contributed by atoms with Crippen molar-refractivity contribution in [1.82, 2.24) is 14.2 Å². The van der Waals surface area contributed by atoms with Crippen LogP contribution < -0.4 is 5.84 Å². The molecule has 0 aromatic heterocycles. The lowest BCUT2D eigenvalue weighted by Crippen LogP contribution is -2.53. The summed E-state index contributed by atoms with van der Waals surface area (Å²) in [5, 5.41) is 10.5. The van der Waals surface area contributed by atoms with E-state index in [1.54, 1.807) is 16.7 Å². The lowest BCUT2D eigenvalue weighted by molar-refractivity contribution is -0.132. The van der Waals surface area contributed by atoms with Crippen LogP contribution in [0, 0.1) is 11.3 Å². The van der Waals surface area contributed by atoms with E-state index >= 15 is 0 Å². The Morgan fingerprint density at radius 1 is 1.45 bits per heavy atom. The maximum Gasteiger partial charge on any atom is 0.239 e. The molecule has 1 amide bonds. The van der Waals surface area contributed by atoms with Crippen molar-refractivity contribution in [1.29, 1.82) is 5.26 Å². The number of nitrogens with zero attached hydrogens (tertiary/aromatic N) is 4. The van der Waals surface area contributed by atoms with Crippen LogP contribution in [0.4, 0.5) is 0 Å². The first-order chi connectivity index (χ1) is 10.3. The summed E-state index contributed by atoms with van der Waals surface area (Å²) in [5.74, 6) is 7.00. The largest absolute Gasteiger partial charge is 0.315 e. The predicted octanol–water partition coefficient (Wildman–Crippen LogP) is -0.989. The van der Waals surface area contributed by atoms with Crippen molar-refractivity contribution >= 4 is 27.7 Å². The third-order valence-electron chi connectivity index (χ3n) is 4.03. The van der Waals surface area contributed by atoms with Gasteiger partial charge in [0.15, 0.2) is 0 Å². The van der Waals surface area contributed by atoms with Crippen molar-refractivity contribution in [3.63, 3.8) is 0 Å². The summed E-state index contributed by atoms with van der Waals surface area (Å²) in [7, 11) is -3.16. The first kappa shape index (κ1) is 17.5. The molecule has 10 heteroatoms. The number of hydrogen-bond donors (Lipinski definition) is 1. The molecule has 2 saturated heterocycles. The summed E-state index contributed by atoms with van der Waals surface area (Å²) in [6.45, 7) is 0.903. The molecule has 2 fully saturated rings. The quantitative estimate of drug-likeness (QED) is 0.513. The summed E-state index contributed by atoms with van der Waals surface area (Å²) >= 11 is 1.56. The minimum Gasteiger partial charge on any atom is -0.315 e. The molecule has 2 rings (SSSR count). The van der Waals surface area contributed by atoms with Gasteiger partial charge in [0.05, 0.1) is 24.7 Å². The SMILES string of the molecule is CS(=O)(=O)N1CCC(N(N)CC(=O)N2CSC[C@H]2C#N)CC1. The molecule has 0 aromatic rings. The van der Waals surface area contributed by atoms with Crippen LogP contribution in [0.3, 0.4) is 0 Å². The number of carbonyl (C=O) groups excluding carboxylic acids is 1. The van der Waals surface area contributed by atoms with E-state index in [9.17, 15) is 13.2 Å². The Morgan fingerprint density at radius 3 is 2.64 bits per heavy atom.